The Bertz CT molecular complexity index is 1650. The van der Waals surface area contributed by atoms with Crippen LogP contribution in [0.3, 0.4) is 0 Å². The summed E-state index contributed by atoms with van der Waals surface area (Å²) in [5, 5.41) is 5.88. The molecule has 10 rings (SSSR count). The van der Waals surface area contributed by atoms with Crippen LogP contribution in [0.5, 0.6) is 0 Å². The van der Waals surface area contributed by atoms with Gasteiger partial charge in [-0.3, -0.25) is 0 Å². The fraction of sp³-hybridized carbons (Fsp3) is 0.316. The largest absolute Gasteiger partial charge is 0.0616 e. The molecule has 5 aromatic rings. The van der Waals surface area contributed by atoms with E-state index in [2.05, 4.69) is 72.8 Å². The van der Waals surface area contributed by atoms with Crippen LogP contribution in [0.4, 0.5) is 0 Å². The van der Waals surface area contributed by atoms with Crippen molar-refractivity contribution in [1.82, 2.24) is 0 Å². The molecule has 0 saturated heterocycles. The van der Waals surface area contributed by atoms with E-state index >= 15 is 0 Å². The number of aryl methyl sites for hydroxylation is 2. The molecule has 0 aromatic heterocycles. The molecule has 186 valence electrons. The summed E-state index contributed by atoms with van der Waals surface area (Å²) in [5.74, 6) is 1.51. The van der Waals surface area contributed by atoms with Crippen LogP contribution in [0.15, 0.2) is 72.8 Å². The van der Waals surface area contributed by atoms with Gasteiger partial charge in [0, 0.05) is 0 Å². The van der Waals surface area contributed by atoms with Crippen molar-refractivity contribution in [2.45, 2.75) is 76.0 Å². The molecule has 2 bridgehead atoms. The predicted octanol–water partition coefficient (Wildman–Crippen LogP) is 10.1. The van der Waals surface area contributed by atoms with Crippen molar-refractivity contribution < 1.29 is 0 Å². The molecule has 0 aliphatic heterocycles. The summed E-state index contributed by atoms with van der Waals surface area (Å²) in [6, 6.07) is 29.0. The zero-order valence-corrected chi connectivity index (χ0v) is 22.2. The van der Waals surface area contributed by atoms with Gasteiger partial charge in [-0.05, 0) is 165 Å². The maximum Gasteiger partial charge on any atom is -0.00234 e. The first-order valence-corrected chi connectivity index (χ1v) is 15.1. The lowest BCUT2D eigenvalue weighted by atomic mass is 9.66. The first-order valence-electron chi connectivity index (χ1n) is 15.1. The summed E-state index contributed by atoms with van der Waals surface area (Å²) >= 11 is 0. The summed E-state index contributed by atoms with van der Waals surface area (Å²) in [6.45, 7) is 0. The zero-order chi connectivity index (χ0) is 24.8. The van der Waals surface area contributed by atoms with Crippen molar-refractivity contribution >= 4 is 21.5 Å². The van der Waals surface area contributed by atoms with E-state index in [9.17, 15) is 0 Å². The first-order chi connectivity index (χ1) is 18.8. The molecule has 0 heterocycles. The van der Waals surface area contributed by atoms with Gasteiger partial charge in [-0.2, -0.15) is 0 Å². The zero-order valence-electron chi connectivity index (χ0n) is 22.2. The lowest BCUT2D eigenvalue weighted by Gasteiger charge is -2.39. The molecule has 5 aliphatic carbocycles. The Morgan fingerprint density at radius 3 is 1.39 bits per heavy atom. The molecule has 0 amide bonds. The Balaban J connectivity index is 1.48. The van der Waals surface area contributed by atoms with Crippen LogP contribution in [0.25, 0.3) is 43.8 Å². The molecule has 0 N–H and O–H groups in total. The second-order valence-corrected chi connectivity index (χ2v) is 12.5. The maximum atomic E-state index is 2.68. The van der Waals surface area contributed by atoms with Gasteiger partial charge in [0.15, 0.2) is 0 Å². The summed E-state index contributed by atoms with van der Waals surface area (Å²) in [4.78, 5) is 0. The highest BCUT2D eigenvalue weighted by Gasteiger charge is 2.34. The Morgan fingerprint density at radius 2 is 0.921 bits per heavy atom. The van der Waals surface area contributed by atoms with Gasteiger partial charge in [0.25, 0.3) is 0 Å². The van der Waals surface area contributed by atoms with Crippen LogP contribution < -0.4 is 0 Å². The van der Waals surface area contributed by atoms with Crippen molar-refractivity contribution in [3.63, 3.8) is 0 Å². The number of benzene rings is 5. The van der Waals surface area contributed by atoms with E-state index in [1.807, 2.05) is 0 Å². The highest BCUT2D eigenvalue weighted by molar-refractivity contribution is 6.22. The Labute approximate surface area is 225 Å². The fourth-order valence-corrected chi connectivity index (χ4v) is 8.97. The fourth-order valence-electron chi connectivity index (χ4n) is 8.97. The third kappa shape index (κ3) is 2.92. The van der Waals surface area contributed by atoms with Gasteiger partial charge in [0.2, 0.25) is 0 Å². The van der Waals surface area contributed by atoms with Gasteiger partial charge in [-0.1, -0.05) is 60.7 Å². The molecular formula is C38H34. The number of hydrogen-bond acceptors (Lipinski definition) is 0. The van der Waals surface area contributed by atoms with E-state index in [1.54, 1.807) is 33.4 Å². The monoisotopic (exact) mass is 490 g/mol. The minimum absolute atomic E-state index is 0.754. The van der Waals surface area contributed by atoms with Crippen molar-refractivity contribution in [2.75, 3.05) is 0 Å². The molecule has 0 nitrogen and oxygen atoms in total. The molecule has 1 saturated carbocycles. The summed E-state index contributed by atoms with van der Waals surface area (Å²) in [6.07, 6.45) is 13.0. The van der Waals surface area contributed by atoms with E-state index in [4.69, 9.17) is 0 Å². The van der Waals surface area contributed by atoms with E-state index in [0.29, 0.717) is 0 Å². The highest BCUT2D eigenvalue weighted by atomic mass is 14.4. The minimum Gasteiger partial charge on any atom is -0.0616 e. The predicted molar refractivity (Wildman–Crippen MR) is 160 cm³/mol. The lowest BCUT2D eigenvalue weighted by Crippen LogP contribution is -2.21. The third-order valence-electron chi connectivity index (χ3n) is 10.7. The SMILES string of the molecule is c1cc2c(c(-c3c4ccccc4c(-c4cccc5c4CCC5)c4cc5c(cc34)C3CCC5CC3)c1)CCC2. The van der Waals surface area contributed by atoms with E-state index < -0.39 is 0 Å². The molecule has 0 heteroatoms. The standard InChI is InChI=1S/C38H34/c1-2-12-32-31(11-1)37(29-15-5-9-23-7-3-13-27(23)29)35-21-33-25-17-19-26(20-18-25)34(33)22-36(35)38(32)30-16-6-10-24-8-4-14-28(24)30/h1-2,5-6,9-12,15-16,21-22,25-26H,3-4,7-8,13-14,17-20H2. The summed E-state index contributed by atoms with van der Waals surface area (Å²) < 4.78 is 0. The molecular weight excluding hydrogens is 456 g/mol. The van der Waals surface area contributed by atoms with Crippen molar-refractivity contribution in [1.29, 1.82) is 0 Å². The third-order valence-corrected chi connectivity index (χ3v) is 10.7. The van der Waals surface area contributed by atoms with E-state index in [0.717, 1.165) is 11.8 Å². The smallest absolute Gasteiger partial charge is 0.00234 e. The minimum atomic E-state index is 0.754. The van der Waals surface area contributed by atoms with Crippen LogP contribution in [-0.4, -0.2) is 0 Å². The van der Waals surface area contributed by atoms with Gasteiger partial charge >= 0.3 is 0 Å². The second-order valence-electron chi connectivity index (χ2n) is 12.5. The summed E-state index contributed by atoms with van der Waals surface area (Å²) in [7, 11) is 0. The molecule has 0 radical (unpaired) electrons. The molecule has 1 fully saturated rings. The van der Waals surface area contributed by atoms with Gasteiger partial charge in [0.1, 0.15) is 0 Å². The molecule has 0 unspecified atom stereocenters. The number of rotatable bonds is 2. The molecule has 0 atom stereocenters. The normalized spacial score (nSPS) is 21.2. The van der Waals surface area contributed by atoms with Gasteiger partial charge in [0.05, 0.1) is 0 Å². The highest BCUT2D eigenvalue weighted by Crippen LogP contribution is 2.54. The second kappa shape index (κ2) is 8.06. The Morgan fingerprint density at radius 1 is 0.447 bits per heavy atom. The topological polar surface area (TPSA) is 0 Å². The van der Waals surface area contributed by atoms with Crippen molar-refractivity contribution in [3.8, 4) is 22.3 Å². The van der Waals surface area contributed by atoms with E-state index in [1.165, 1.54) is 108 Å². The van der Waals surface area contributed by atoms with Gasteiger partial charge in [-0.15, -0.1) is 0 Å². The maximum absolute atomic E-state index is 2.68. The van der Waals surface area contributed by atoms with E-state index in [-0.39, 0.29) is 0 Å². The van der Waals surface area contributed by atoms with Crippen LogP contribution in [0.1, 0.15) is 83.7 Å². The average Bonchev–Trinajstić information content (AvgIpc) is 3.66. The Kier molecular flexibility index (Phi) is 4.57. The van der Waals surface area contributed by atoms with Gasteiger partial charge < -0.3 is 0 Å². The molecule has 5 aromatic carbocycles. The lowest BCUT2D eigenvalue weighted by molar-refractivity contribution is 0.359. The molecule has 5 aliphatic rings. The average molecular weight is 491 g/mol. The van der Waals surface area contributed by atoms with Crippen molar-refractivity contribution in [2.24, 2.45) is 0 Å². The van der Waals surface area contributed by atoms with Crippen LogP contribution in [-0.2, 0) is 25.7 Å². The van der Waals surface area contributed by atoms with Crippen LogP contribution >= 0.6 is 0 Å². The Hall–Kier alpha value is -3.38. The van der Waals surface area contributed by atoms with Crippen molar-refractivity contribution in [3.05, 3.63) is 106 Å². The quantitative estimate of drug-likeness (QED) is 0.216. The van der Waals surface area contributed by atoms with Gasteiger partial charge in [-0.25, -0.2) is 0 Å². The molecule has 0 spiro atoms. The number of hydrogen-bond donors (Lipinski definition) is 0. The number of fused-ring (bicyclic) bond motifs is 6. The molecule has 38 heavy (non-hydrogen) atoms. The van der Waals surface area contributed by atoms with Crippen LogP contribution in [0.2, 0.25) is 0 Å². The first kappa shape index (κ1) is 21.5. The summed E-state index contributed by atoms with van der Waals surface area (Å²) in [5.41, 5.74) is 15.7. The van der Waals surface area contributed by atoms with Crippen LogP contribution in [0, 0.1) is 0 Å².